The molecule has 7 heteroatoms. The van der Waals surface area contributed by atoms with Crippen LogP contribution in [0.15, 0.2) is 30.3 Å². The molecule has 2 aliphatic heterocycles. The number of carboxylic acid groups (broad SMARTS) is 1. The number of ether oxygens (including phenoxy) is 2. The van der Waals surface area contributed by atoms with Gasteiger partial charge in [-0.3, -0.25) is 4.79 Å². The first-order chi connectivity index (χ1) is 11.5. The zero-order valence-electron chi connectivity index (χ0n) is 12.4. The zero-order chi connectivity index (χ0) is 16.8. The van der Waals surface area contributed by atoms with Crippen molar-refractivity contribution in [1.29, 1.82) is 0 Å². The van der Waals surface area contributed by atoms with Crippen LogP contribution in [0.5, 0.6) is 11.5 Å². The van der Waals surface area contributed by atoms with Crippen molar-refractivity contribution < 1.29 is 24.2 Å². The average Bonchev–Trinajstić information content (AvgIpc) is 3.12. The van der Waals surface area contributed by atoms with E-state index in [1.165, 1.54) is 0 Å². The molecule has 0 aromatic heterocycles. The number of benzene rings is 2. The summed E-state index contributed by atoms with van der Waals surface area (Å²) in [7, 11) is 0. The highest BCUT2D eigenvalue weighted by atomic mass is 35.5. The van der Waals surface area contributed by atoms with E-state index in [9.17, 15) is 14.7 Å². The molecule has 0 saturated heterocycles. The number of fused-ring (bicyclic) bond motifs is 2. The highest BCUT2D eigenvalue weighted by molar-refractivity contribution is 6.31. The van der Waals surface area contributed by atoms with Crippen LogP contribution >= 0.6 is 11.6 Å². The monoisotopic (exact) mass is 345 g/mol. The summed E-state index contributed by atoms with van der Waals surface area (Å²) in [6, 6.07) is 8.57. The van der Waals surface area contributed by atoms with Crippen LogP contribution in [0.3, 0.4) is 0 Å². The molecule has 0 bridgehead atoms. The zero-order valence-corrected chi connectivity index (χ0v) is 13.2. The van der Waals surface area contributed by atoms with Gasteiger partial charge in [-0.25, -0.2) is 4.79 Å². The molecule has 0 saturated carbocycles. The standard InChI is InChI=1S/C17H12ClNO5/c18-11-3-1-9-5-14(20)19(12(9)6-11)7-10-2-4-13-16(24-8-23-13)15(10)17(21)22/h1-4,6H,5,7-8H2,(H,21,22). The molecular weight excluding hydrogens is 334 g/mol. The van der Waals surface area contributed by atoms with Gasteiger partial charge in [-0.15, -0.1) is 0 Å². The van der Waals surface area contributed by atoms with Gasteiger partial charge in [0, 0.05) is 10.7 Å². The van der Waals surface area contributed by atoms with Crippen molar-refractivity contribution in [3.63, 3.8) is 0 Å². The maximum absolute atomic E-state index is 12.3. The van der Waals surface area contributed by atoms with Gasteiger partial charge in [-0.2, -0.15) is 0 Å². The number of hydrogen-bond acceptors (Lipinski definition) is 4. The Bertz CT molecular complexity index is 880. The molecule has 122 valence electrons. The van der Waals surface area contributed by atoms with Crippen LogP contribution < -0.4 is 14.4 Å². The maximum Gasteiger partial charge on any atom is 0.339 e. The Balaban J connectivity index is 1.76. The minimum atomic E-state index is -1.12. The minimum absolute atomic E-state index is 0.0137. The van der Waals surface area contributed by atoms with E-state index in [2.05, 4.69) is 0 Å². The Morgan fingerprint density at radius 3 is 2.88 bits per heavy atom. The quantitative estimate of drug-likeness (QED) is 0.925. The number of carboxylic acids is 1. The number of halogens is 1. The van der Waals surface area contributed by atoms with Crippen LogP contribution in [-0.4, -0.2) is 23.8 Å². The van der Waals surface area contributed by atoms with Crippen LogP contribution in [0.25, 0.3) is 0 Å². The predicted octanol–water partition coefficient (Wildman–Crippen LogP) is 2.86. The first-order valence-electron chi connectivity index (χ1n) is 7.28. The Hall–Kier alpha value is -2.73. The van der Waals surface area contributed by atoms with Crippen molar-refractivity contribution in [2.75, 3.05) is 11.7 Å². The third kappa shape index (κ3) is 2.27. The van der Waals surface area contributed by atoms with Crippen molar-refractivity contribution in [2.45, 2.75) is 13.0 Å². The second kappa shape index (κ2) is 5.42. The molecule has 2 aliphatic rings. The molecule has 6 nitrogen and oxygen atoms in total. The number of carbonyl (C=O) groups is 2. The van der Waals surface area contributed by atoms with E-state index in [-0.39, 0.29) is 37.0 Å². The topological polar surface area (TPSA) is 76.1 Å². The molecule has 4 rings (SSSR count). The summed E-state index contributed by atoms with van der Waals surface area (Å²) in [5.41, 5.74) is 2.09. The van der Waals surface area contributed by atoms with Crippen LogP contribution in [0.1, 0.15) is 21.5 Å². The van der Waals surface area contributed by atoms with Crippen LogP contribution in [0.2, 0.25) is 5.02 Å². The second-order valence-electron chi connectivity index (χ2n) is 5.57. The normalized spacial score (nSPS) is 14.9. The number of nitrogens with zero attached hydrogens (tertiary/aromatic N) is 1. The highest BCUT2D eigenvalue weighted by Gasteiger charge is 2.31. The summed E-state index contributed by atoms with van der Waals surface area (Å²) >= 11 is 6.03. The van der Waals surface area contributed by atoms with Gasteiger partial charge in [-0.05, 0) is 29.3 Å². The first-order valence-corrected chi connectivity index (χ1v) is 7.66. The predicted molar refractivity (Wildman–Crippen MR) is 85.9 cm³/mol. The molecule has 0 fully saturated rings. The van der Waals surface area contributed by atoms with Gasteiger partial charge in [-0.1, -0.05) is 23.7 Å². The van der Waals surface area contributed by atoms with Gasteiger partial charge in [0.25, 0.3) is 0 Å². The van der Waals surface area contributed by atoms with Crippen LogP contribution in [-0.2, 0) is 17.8 Å². The van der Waals surface area contributed by atoms with Gasteiger partial charge in [0.1, 0.15) is 5.56 Å². The molecule has 0 radical (unpaired) electrons. The number of rotatable bonds is 3. The summed E-state index contributed by atoms with van der Waals surface area (Å²) in [4.78, 5) is 25.6. The van der Waals surface area contributed by atoms with Crippen LogP contribution in [0.4, 0.5) is 5.69 Å². The summed E-state index contributed by atoms with van der Waals surface area (Å²) in [5.74, 6) is -0.614. The summed E-state index contributed by atoms with van der Waals surface area (Å²) in [6.45, 7) is 0.116. The van der Waals surface area contributed by atoms with E-state index in [1.54, 1.807) is 29.2 Å². The molecular formula is C17H12ClNO5. The van der Waals surface area contributed by atoms with E-state index < -0.39 is 5.97 Å². The lowest BCUT2D eigenvalue weighted by Gasteiger charge is -2.19. The van der Waals surface area contributed by atoms with Crippen molar-refractivity contribution in [3.05, 3.63) is 52.0 Å². The van der Waals surface area contributed by atoms with Gasteiger partial charge < -0.3 is 19.5 Å². The SMILES string of the molecule is O=C(O)c1c(CN2C(=O)Cc3ccc(Cl)cc32)ccc2c1OCO2. The lowest BCUT2D eigenvalue weighted by Crippen LogP contribution is -2.27. The van der Waals surface area contributed by atoms with Crippen molar-refractivity contribution >= 4 is 29.2 Å². The fourth-order valence-electron chi connectivity index (χ4n) is 3.05. The van der Waals surface area contributed by atoms with Gasteiger partial charge in [0.2, 0.25) is 12.7 Å². The van der Waals surface area contributed by atoms with Crippen molar-refractivity contribution in [2.24, 2.45) is 0 Å². The molecule has 0 atom stereocenters. The lowest BCUT2D eigenvalue weighted by molar-refractivity contribution is -0.117. The fraction of sp³-hybridized carbons (Fsp3) is 0.176. The average molecular weight is 346 g/mol. The number of amides is 1. The Labute approximate surface area is 142 Å². The van der Waals surface area contributed by atoms with Gasteiger partial charge >= 0.3 is 5.97 Å². The number of hydrogen-bond donors (Lipinski definition) is 1. The largest absolute Gasteiger partial charge is 0.478 e. The van der Waals surface area contributed by atoms with E-state index in [0.717, 1.165) is 5.56 Å². The smallest absolute Gasteiger partial charge is 0.339 e. The number of carbonyl (C=O) groups excluding carboxylic acids is 1. The van der Waals surface area contributed by atoms with Gasteiger partial charge in [0.15, 0.2) is 11.5 Å². The minimum Gasteiger partial charge on any atom is -0.478 e. The summed E-state index contributed by atoms with van der Waals surface area (Å²) in [5, 5.41) is 10.1. The highest BCUT2D eigenvalue weighted by Crippen LogP contribution is 2.39. The van der Waals surface area contributed by atoms with Crippen molar-refractivity contribution in [3.8, 4) is 11.5 Å². The Kier molecular flexibility index (Phi) is 3.35. The second-order valence-corrected chi connectivity index (χ2v) is 6.00. The van der Waals surface area contributed by atoms with Gasteiger partial charge in [0.05, 0.1) is 13.0 Å². The van der Waals surface area contributed by atoms with E-state index in [4.69, 9.17) is 21.1 Å². The lowest BCUT2D eigenvalue weighted by atomic mass is 10.0. The molecule has 2 aromatic carbocycles. The molecule has 2 aromatic rings. The summed E-state index contributed by atoms with van der Waals surface area (Å²) in [6.07, 6.45) is 0.277. The third-order valence-electron chi connectivity index (χ3n) is 4.15. The van der Waals surface area contributed by atoms with Crippen LogP contribution in [0, 0.1) is 0 Å². The van der Waals surface area contributed by atoms with E-state index in [1.807, 2.05) is 6.07 Å². The molecule has 0 spiro atoms. The molecule has 0 unspecified atom stereocenters. The number of anilines is 1. The third-order valence-corrected chi connectivity index (χ3v) is 4.38. The number of aromatic carboxylic acids is 1. The van der Waals surface area contributed by atoms with E-state index >= 15 is 0 Å². The molecule has 24 heavy (non-hydrogen) atoms. The molecule has 0 aliphatic carbocycles. The maximum atomic E-state index is 12.3. The molecule has 1 amide bonds. The Morgan fingerprint density at radius 1 is 1.25 bits per heavy atom. The van der Waals surface area contributed by atoms with E-state index in [0.29, 0.717) is 22.0 Å². The summed E-state index contributed by atoms with van der Waals surface area (Å²) < 4.78 is 10.5. The molecule has 2 heterocycles. The molecule has 1 N–H and O–H groups in total. The van der Waals surface area contributed by atoms with Crippen molar-refractivity contribution in [1.82, 2.24) is 0 Å². The fourth-order valence-corrected chi connectivity index (χ4v) is 3.22. The first kappa shape index (κ1) is 14.8. The Morgan fingerprint density at radius 2 is 2.08 bits per heavy atom.